The fraction of sp³-hybridized carbons (Fsp3) is 0.625. The lowest BCUT2D eigenvalue weighted by molar-refractivity contribution is -0.460. The van der Waals surface area contributed by atoms with Crippen LogP contribution in [0.15, 0.2) is 30.3 Å². The van der Waals surface area contributed by atoms with Gasteiger partial charge in [0.05, 0.1) is 7.11 Å². The van der Waals surface area contributed by atoms with Crippen LogP contribution in [-0.4, -0.2) is 60.9 Å². The Morgan fingerprint density at radius 1 is 0.614 bits per heavy atom. The third-order valence-corrected chi connectivity index (χ3v) is 5.86. The quantitative estimate of drug-likeness (QED) is 0.0756. The summed E-state index contributed by atoms with van der Waals surface area (Å²) in [5, 5.41) is 0. The average molecular weight is 680 g/mol. The van der Waals surface area contributed by atoms with E-state index in [2.05, 4.69) is 4.74 Å². The van der Waals surface area contributed by atoms with Crippen molar-refractivity contribution in [3.63, 3.8) is 0 Å². The molecule has 0 atom stereocenters. The molecule has 44 heavy (non-hydrogen) atoms. The molecule has 0 bridgehead atoms. The van der Waals surface area contributed by atoms with Gasteiger partial charge in [0.2, 0.25) is 0 Å². The Morgan fingerprint density at radius 3 is 1.50 bits per heavy atom. The van der Waals surface area contributed by atoms with Crippen molar-refractivity contribution in [2.24, 2.45) is 0 Å². The molecule has 0 amide bonds. The molecular weight excluding hydrogens is 659 g/mol. The summed E-state index contributed by atoms with van der Waals surface area (Å²) in [6.07, 6.45) is -18.9. The summed E-state index contributed by atoms with van der Waals surface area (Å²) < 4.78 is 239. The Morgan fingerprint density at radius 2 is 1.05 bits per heavy atom. The predicted octanol–water partition coefficient (Wildman–Crippen LogP) is 9.56. The summed E-state index contributed by atoms with van der Waals surface area (Å²) in [6, 6.07) is 4.68. The van der Waals surface area contributed by atoms with E-state index in [9.17, 15) is 79.4 Å². The minimum absolute atomic E-state index is 0.0706. The second-order valence-corrected chi connectivity index (χ2v) is 9.15. The molecule has 0 unspecified atom stereocenters. The number of hydrogen-bond acceptors (Lipinski definition) is 3. The Hall–Kier alpha value is -2.96. The zero-order valence-corrected chi connectivity index (χ0v) is 21.9. The lowest BCUT2D eigenvalue weighted by Crippen LogP contribution is -2.73. The first-order chi connectivity index (χ1) is 19.6. The van der Waals surface area contributed by atoms with Crippen molar-refractivity contribution in [2.45, 2.75) is 86.3 Å². The third kappa shape index (κ3) is 8.00. The monoisotopic (exact) mass is 680 g/mol. The number of carbonyl (C=O) groups is 1. The van der Waals surface area contributed by atoms with Gasteiger partial charge in [-0.05, 0) is 36.6 Å². The van der Waals surface area contributed by atoms with Crippen molar-refractivity contribution in [3.05, 3.63) is 35.9 Å². The maximum absolute atomic E-state index is 14.0. The summed E-state index contributed by atoms with van der Waals surface area (Å²) in [5.41, 5.74) is -0.0706. The van der Waals surface area contributed by atoms with Gasteiger partial charge in [-0.15, -0.1) is 0 Å². The lowest BCUT2D eigenvalue weighted by Gasteiger charge is -2.42. The maximum Gasteiger partial charge on any atom is 0.473 e. The molecule has 3 nitrogen and oxygen atoms in total. The SMILES string of the molecule is COc1ccc(C=CC(=O)OC(F)(F)C(F)(F)C(F)(F)C(F)(F)C(F)(F)C(F)(F)C(F)(F)CCCCCCC(F)(F)F)cc1. The first-order valence-corrected chi connectivity index (χ1v) is 11.9. The van der Waals surface area contributed by atoms with Crippen molar-refractivity contribution in [3.8, 4) is 5.75 Å². The molecular formula is C24H21F17O3. The summed E-state index contributed by atoms with van der Waals surface area (Å²) in [5.74, 6) is -49.2. The molecule has 0 aliphatic heterocycles. The first kappa shape index (κ1) is 39.1. The van der Waals surface area contributed by atoms with Crippen molar-refractivity contribution >= 4 is 12.0 Å². The molecule has 0 saturated heterocycles. The van der Waals surface area contributed by atoms with E-state index in [-0.39, 0.29) is 17.4 Å². The van der Waals surface area contributed by atoms with E-state index in [1.807, 2.05) is 0 Å². The first-order valence-electron chi connectivity index (χ1n) is 11.9. The Kier molecular flexibility index (Phi) is 11.7. The van der Waals surface area contributed by atoms with Crippen LogP contribution in [0.25, 0.3) is 6.08 Å². The van der Waals surface area contributed by atoms with Crippen LogP contribution in [-0.2, 0) is 9.53 Å². The van der Waals surface area contributed by atoms with E-state index in [1.165, 1.54) is 19.2 Å². The zero-order valence-electron chi connectivity index (χ0n) is 21.9. The van der Waals surface area contributed by atoms with Crippen LogP contribution in [0.2, 0.25) is 0 Å². The van der Waals surface area contributed by atoms with Crippen molar-refractivity contribution in [1.82, 2.24) is 0 Å². The van der Waals surface area contributed by atoms with Gasteiger partial charge in [-0.1, -0.05) is 25.0 Å². The molecule has 0 fully saturated rings. The van der Waals surface area contributed by atoms with Crippen LogP contribution in [0.1, 0.15) is 44.1 Å². The average Bonchev–Trinajstić information content (AvgIpc) is 2.88. The molecule has 0 aliphatic rings. The topological polar surface area (TPSA) is 35.5 Å². The molecule has 1 rings (SSSR count). The highest BCUT2D eigenvalue weighted by Crippen LogP contribution is 2.62. The van der Waals surface area contributed by atoms with Crippen LogP contribution < -0.4 is 4.74 Å². The Balaban J connectivity index is 3.17. The van der Waals surface area contributed by atoms with Crippen molar-refractivity contribution < 1.29 is 88.9 Å². The number of esters is 1. The summed E-state index contributed by atoms with van der Waals surface area (Å²) >= 11 is 0. The number of unbranched alkanes of at least 4 members (excludes halogenated alkanes) is 3. The number of alkyl halides is 17. The molecule has 0 saturated carbocycles. The van der Waals surface area contributed by atoms with Crippen LogP contribution in [0.3, 0.4) is 0 Å². The molecule has 0 N–H and O–H groups in total. The van der Waals surface area contributed by atoms with Gasteiger partial charge in [-0.3, -0.25) is 0 Å². The highest BCUT2D eigenvalue weighted by molar-refractivity contribution is 5.87. The van der Waals surface area contributed by atoms with Gasteiger partial charge in [0.1, 0.15) is 5.75 Å². The van der Waals surface area contributed by atoms with E-state index >= 15 is 0 Å². The second kappa shape index (κ2) is 13.2. The molecule has 1 aromatic carbocycles. The van der Waals surface area contributed by atoms with E-state index in [1.54, 1.807) is 0 Å². The van der Waals surface area contributed by atoms with Crippen molar-refractivity contribution in [2.75, 3.05) is 7.11 Å². The molecule has 254 valence electrons. The largest absolute Gasteiger partial charge is 0.497 e. The van der Waals surface area contributed by atoms with Crippen LogP contribution in [0.5, 0.6) is 5.75 Å². The fourth-order valence-corrected chi connectivity index (χ4v) is 3.29. The lowest BCUT2D eigenvalue weighted by atomic mass is 9.89. The number of rotatable bonds is 16. The van der Waals surface area contributed by atoms with Gasteiger partial charge >= 0.3 is 53.8 Å². The van der Waals surface area contributed by atoms with E-state index in [0.29, 0.717) is 6.08 Å². The number of halogens is 17. The fourth-order valence-electron chi connectivity index (χ4n) is 3.29. The van der Waals surface area contributed by atoms with Gasteiger partial charge < -0.3 is 9.47 Å². The second-order valence-electron chi connectivity index (χ2n) is 9.15. The maximum atomic E-state index is 14.0. The smallest absolute Gasteiger partial charge is 0.473 e. The highest BCUT2D eigenvalue weighted by Gasteiger charge is 2.93. The summed E-state index contributed by atoms with van der Waals surface area (Å²) in [4.78, 5) is 11.5. The van der Waals surface area contributed by atoms with Crippen LogP contribution >= 0.6 is 0 Å². The van der Waals surface area contributed by atoms with Gasteiger partial charge in [-0.25, -0.2) is 4.79 Å². The van der Waals surface area contributed by atoms with Gasteiger partial charge in [0.15, 0.2) is 0 Å². The van der Waals surface area contributed by atoms with Crippen molar-refractivity contribution in [1.29, 1.82) is 0 Å². The molecule has 0 spiro atoms. The highest BCUT2D eigenvalue weighted by atomic mass is 19.4. The van der Waals surface area contributed by atoms with Crippen LogP contribution in [0, 0.1) is 0 Å². The van der Waals surface area contributed by atoms with Crippen LogP contribution in [0.4, 0.5) is 74.6 Å². The zero-order chi connectivity index (χ0) is 34.6. The third-order valence-electron chi connectivity index (χ3n) is 5.86. The number of hydrogen-bond donors (Lipinski definition) is 0. The molecule has 0 heterocycles. The van der Waals surface area contributed by atoms with E-state index < -0.39 is 92.3 Å². The number of benzene rings is 1. The van der Waals surface area contributed by atoms with E-state index in [4.69, 9.17) is 4.74 Å². The van der Waals surface area contributed by atoms with Gasteiger partial charge in [-0.2, -0.15) is 74.6 Å². The normalized spacial score (nSPS) is 14.7. The predicted molar refractivity (Wildman–Crippen MR) is 117 cm³/mol. The minimum atomic E-state index is -8.36. The summed E-state index contributed by atoms with van der Waals surface area (Å²) in [6.45, 7) is 0. The Labute approximate surface area is 237 Å². The van der Waals surface area contributed by atoms with Gasteiger partial charge in [0.25, 0.3) is 0 Å². The molecule has 0 radical (unpaired) electrons. The standard InChI is InChI=1S/C24H21F17O3/c1-43-15-9-6-14(7-10-15)8-11-16(42)44-24(40,41)23(38,39)22(36,37)21(34,35)20(32,33)19(30,31)17(25,26)12-4-2-3-5-13-18(27,28)29/h6-11H,2-5,12-13H2,1H3. The number of ether oxygens (including phenoxy) is 2. The molecule has 0 aliphatic carbocycles. The Bertz CT molecular complexity index is 1130. The molecule has 1 aromatic rings. The molecule has 0 aromatic heterocycles. The van der Waals surface area contributed by atoms with E-state index in [0.717, 1.165) is 12.1 Å². The summed E-state index contributed by atoms with van der Waals surface area (Å²) in [7, 11) is 1.22. The van der Waals surface area contributed by atoms with Gasteiger partial charge in [0, 0.05) is 18.9 Å². The number of methoxy groups -OCH3 is 1. The number of carbonyl (C=O) groups excluding carboxylic acids is 1. The minimum Gasteiger partial charge on any atom is -0.497 e. The molecule has 20 heteroatoms.